The average molecular weight is 208 g/mol. The molecule has 0 atom stereocenters. The van der Waals surface area contributed by atoms with Crippen LogP contribution in [0.15, 0.2) is 18.5 Å². The maximum atomic E-state index is 10.8. The molecule has 0 fully saturated rings. The van der Waals surface area contributed by atoms with Gasteiger partial charge < -0.3 is 9.47 Å². The Morgan fingerprint density at radius 1 is 1.53 bits per heavy atom. The molecule has 7 nitrogen and oxygen atoms in total. The fraction of sp³-hybridized carbons (Fsp3) is 0.250. The molecule has 0 saturated carbocycles. The molecular weight excluding hydrogens is 200 g/mol. The smallest absolute Gasteiger partial charge is 0.343 e. The van der Waals surface area contributed by atoms with E-state index >= 15 is 0 Å². The molecule has 0 aromatic carbocycles. The molecular formula is C8H8N4O3. The third-order valence-corrected chi connectivity index (χ3v) is 1.70. The van der Waals surface area contributed by atoms with E-state index in [1.807, 2.05) is 0 Å². The molecule has 0 saturated heterocycles. The summed E-state index contributed by atoms with van der Waals surface area (Å²) in [4.78, 5) is 10.8. The van der Waals surface area contributed by atoms with Crippen LogP contribution in [0.2, 0.25) is 0 Å². The minimum atomic E-state index is -0.458. The highest BCUT2D eigenvalue weighted by Crippen LogP contribution is 2.06. The van der Waals surface area contributed by atoms with Gasteiger partial charge in [-0.2, -0.15) is 4.52 Å². The van der Waals surface area contributed by atoms with Crippen LogP contribution in [0, 0.1) is 0 Å². The SMILES string of the molecule is COC(=O)COc1ccc2nncn2n1. The highest BCUT2D eigenvalue weighted by Gasteiger charge is 2.04. The number of rotatable bonds is 3. The number of aromatic nitrogens is 4. The van der Waals surface area contributed by atoms with Gasteiger partial charge in [0.25, 0.3) is 0 Å². The minimum absolute atomic E-state index is 0.170. The third-order valence-electron chi connectivity index (χ3n) is 1.70. The lowest BCUT2D eigenvalue weighted by Gasteiger charge is -2.02. The molecule has 0 N–H and O–H groups in total. The van der Waals surface area contributed by atoms with Crippen LogP contribution >= 0.6 is 0 Å². The summed E-state index contributed by atoms with van der Waals surface area (Å²) in [5.41, 5.74) is 0.611. The second kappa shape index (κ2) is 3.91. The number of methoxy groups -OCH3 is 1. The summed E-state index contributed by atoms with van der Waals surface area (Å²) in [5, 5.41) is 11.4. The fourth-order valence-electron chi connectivity index (χ4n) is 0.980. The third kappa shape index (κ3) is 2.01. The Labute approximate surface area is 84.6 Å². The largest absolute Gasteiger partial charge is 0.466 e. The van der Waals surface area contributed by atoms with E-state index in [1.165, 1.54) is 18.0 Å². The van der Waals surface area contributed by atoms with E-state index in [0.29, 0.717) is 11.5 Å². The molecule has 0 unspecified atom stereocenters. The highest BCUT2D eigenvalue weighted by atomic mass is 16.6. The topological polar surface area (TPSA) is 78.6 Å². The Morgan fingerprint density at radius 2 is 2.40 bits per heavy atom. The standard InChI is InChI=1S/C8H8N4O3/c1-14-8(13)4-15-7-3-2-6-10-9-5-12(6)11-7/h2-3,5H,4H2,1H3. The molecule has 0 aliphatic rings. The Morgan fingerprint density at radius 3 is 3.20 bits per heavy atom. The van der Waals surface area contributed by atoms with E-state index in [0.717, 1.165) is 0 Å². The van der Waals surface area contributed by atoms with Gasteiger partial charge in [-0.1, -0.05) is 0 Å². The van der Waals surface area contributed by atoms with Crippen molar-refractivity contribution in [2.45, 2.75) is 0 Å². The van der Waals surface area contributed by atoms with Crippen molar-refractivity contribution >= 4 is 11.6 Å². The van der Waals surface area contributed by atoms with Gasteiger partial charge in [-0.05, 0) is 6.07 Å². The average Bonchev–Trinajstić information content (AvgIpc) is 2.72. The number of hydrogen-bond donors (Lipinski definition) is 0. The fourth-order valence-corrected chi connectivity index (χ4v) is 0.980. The van der Waals surface area contributed by atoms with Crippen molar-refractivity contribution in [3.63, 3.8) is 0 Å². The van der Waals surface area contributed by atoms with Crippen molar-refractivity contribution in [2.75, 3.05) is 13.7 Å². The van der Waals surface area contributed by atoms with Crippen LogP contribution in [0.25, 0.3) is 5.65 Å². The molecule has 0 aliphatic carbocycles. The van der Waals surface area contributed by atoms with Gasteiger partial charge in [0.2, 0.25) is 5.88 Å². The molecule has 0 amide bonds. The summed E-state index contributed by atoms with van der Waals surface area (Å²) in [7, 11) is 1.29. The number of nitrogens with zero attached hydrogens (tertiary/aromatic N) is 4. The zero-order chi connectivity index (χ0) is 10.7. The molecule has 15 heavy (non-hydrogen) atoms. The predicted octanol–water partition coefficient (Wildman–Crippen LogP) is -0.324. The second-order valence-corrected chi connectivity index (χ2v) is 2.67. The molecule has 0 radical (unpaired) electrons. The number of carbonyl (C=O) groups is 1. The summed E-state index contributed by atoms with van der Waals surface area (Å²) in [6.45, 7) is -0.170. The predicted molar refractivity (Wildman–Crippen MR) is 48.3 cm³/mol. The van der Waals surface area contributed by atoms with Crippen LogP contribution in [-0.2, 0) is 9.53 Å². The Balaban J connectivity index is 2.11. The number of esters is 1. The van der Waals surface area contributed by atoms with Crippen molar-refractivity contribution in [2.24, 2.45) is 0 Å². The van der Waals surface area contributed by atoms with E-state index in [9.17, 15) is 4.79 Å². The lowest BCUT2D eigenvalue weighted by atomic mass is 10.5. The number of fused-ring (bicyclic) bond motifs is 1. The van der Waals surface area contributed by atoms with Crippen LogP contribution in [0.1, 0.15) is 0 Å². The summed E-state index contributed by atoms with van der Waals surface area (Å²) < 4.78 is 10.9. The van der Waals surface area contributed by atoms with Crippen molar-refractivity contribution < 1.29 is 14.3 Å². The van der Waals surface area contributed by atoms with Gasteiger partial charge in [-0.3, -0.25) is 0 Å². The first-order valence-corrected chi connectivity index (χ1v) is 4.16. The quantitative estimate of drug-likeness (QED) is 0.643. The van der Waals surface area contributed by atoms with Crippen molar-refractivity contribution in [3.8, 4) is 5.88 Å². The molecule has 2 heterocycles. The molecule has 78 valence electrons. The van der Waals surface area contributed by atoms with Gasteiger partial charge in [0.15, 0.2) is 12.3 Å². The van der Waals surface area contributed by atoms with Crippen LogP contribution in [0.5, 0.6) is 5.88 Å². The van der Waals surface area contributed by atoms with Crippen LogP contribution < -0.4 is 4.74 Å². The molecule has 0 bridgehead atoms. The Bertz CT molecular complexity index is 481. The normalized spacial score (nSPS) is 10.2. The lowest BCUT2D eigenvalue weighted by molar-refractivity contribution is -0.143. The molecule has 2 rings (SSSR count). The summed E-state index contributed by atoms with van der Waals surface area (Å²) in [6.07, 6.45) is 1.44. The van der Waals surface area contributed by atoms with E-state index < -0.39 is 5.97 Å². The highest BCUT2D eigenvalue weighted by molar-refractivity contribution is 5.70. The molecule has 0 spiro atoms. The van der Waals surface area contributed by atoms with Crippen LogP contribution in [0.3, 0.4) is 0 Å². The summed E-state index contributed by atoms with van der Waals surface area (Å²) >= 11 is 0. The van der Waals surface area contributed by atoms with Crippen molar-refractivity contribution in [1.82, 2.24) is 19.8 Å². The molecule has 7 heteroatoms. The number of hydrogen-bond acceptors (Lipinski definition) is 6. The maximum absolute atomic E-state index is 10.8. The van der Waals surface area contributed by atoms with Crippen molar-refractivity contribution in [3.05, 3.63) is 18.5 Å². The summed E-state index contributed by atoms with van der Waals surface area (Å²) in [5.74, 6) is -0.145. The molecule has 0 aliphatic heterocycles. The molecule has 2 aromatic heterocycles. The molecule has 2 aromatic rings. The van der Waals surface area contributed by atoms with Gasteiger partial charge >= 0.3 is 5.97 Å². The first-order valence-electron chi connectivity index (χ1n) is 4.16. The summed E-state index contributed by atoms with van der Waals surface area (Å²) in [6, 6.07) is 3.29. The number of ether oxygens (including phenoxy) is 2. The van der Waals surface area contributed by atoms with Gasteiger partial charge in [-0.15, -0.1) is 15.3 Å². The monoisotopic (exact) mass is 208 g/mol. The lowest BCUT2D eigenvalue weighted by Crippen LogP contribution is -2.13. The van der Waals surface area contributed by atoms with Crippen molar-refractivity contribution in [1.29, 1.82) is 0 Å². The van der Waals surface area contributed by atoms with Crippen LogP contribution in [0.4, 0.5) is 0 Å². The van der Waals surface area contributed by atoms with Gasteiger partial charge in [0.05, 0.1) is 7.11 Å². The zero-order valence-electron chi connectivity index (χ0n) is 7.95. The van der Waals surface area contributed by atoms with Gasteiger partial charge in [0, 0.05) is 6.07 Å². The van der Waals surface area contributed by atoms with E-state index in [1.54, 1.807) is 12.1 Å². The zero-order valence-corrected chi connectivity index (χ0v) is 7.95. The maximum Gasteiger partial charge on any atom is 0.343 e. The van der Waals surface area contributed by atoms with Crippen LogP contribution in [-0.4, -0.2) is 39.5 Å². The number of carbonyl (C=O) groups excluding carboxylic acids is 1. The minimum Gasteiger partial charge on any atom is -0.466 e. The van der Waals surface area contributed by atoms with E-state index in [4.69, 9.17) is 4.74 Å². The first-order chi connectivity index (χ1) is 7.29. The van der Waals surface area contributed by atoms with Gasteiger partial charge in [0.1, 0.15) is 6.33 Å². The Hall–Kier alpha value is -2.18. The second-order valence-electron chi connectivity index (χ2n) is 2.67. The van der Waals surface area contributed by atoms with Gasteiger partial charge in [-0.25, -0.2) is 4.79 Å². The van der Waals surface area contributed by atoms with E-state index in [-0.39, 0.29) is 6.61 Å². The Kier molecular flexibility index (Phi) is 2.44. The first kappa shape index (κ1) is 9.38. The van der Waals surface area contributed by atoms with E-state index in [2.05, 4.69) is 20.0 Å².